The number of hydrogen-bond acceptors (Lipinski definition) is 5. The Labute approximate surface area is 246 Å². The van der Waals surface area contributed by atoms with Gasteiger partial charge in [0, 0.05) is 28.2 Å². The van der Waals surface area contributed by atoms with E-state index in [2.05, 4.69) is 20.7 Å². The number of rotatable bonds is 8. The molecule has 2 saturated heterocycles. The van der Waals surface area contributed by atoms with Gasteiger partial charge in [0.1, 0.15) is 5.75 Å². The zero-order chi connectivity index (χ0) is 28.9. The highest BCUT2D eigenvalue weighted by Gasteiger charge is 2.53. The van der Waals surface area contributed by atoms with Crippen molar-refractivity contribution in [1.82, 2.24) is 9.62 Å². The summed E-state index contributed by atoms with van der Waals surface area (Å²) in [6, 6.07) is 12.0. The van der Waals surface area contributed by atoms with Gasteiger partial charge in [-0.05, 0) is 92.1 Å². The Balaban J connectivity index is 1.32. The molecule has 2 heterocycles. The molecule has 0 spiro atoms. The van der Waals surface area contributed by atoms with Gasteiger partial charge in [-0.2, -0.15) is 13.5 Å². The maximum atomic E-state index is 16.2. The van der Waals surface area contributed by atoms with Crippen molar-refractivity contribution in [2.24, 2.45) is 5.73 Å². The number of carbonyl (C=O) groups excluding carboxylic acids is 1. The molecule has 0 radical (unpaired) electrons. The SMILES string of the molecule is NC1CC2CCC(C1)N2C(=O)[C@H](NS(=O)(=O)c1ccc2cc(OC3CCC3)ccc2c1)C(F)(F)c1ccc(Br)cc1. The smallest absolute Gasteiger partial charge is 0.298 e. The highest BCUT2D eigenvalue weighted by atomic mass is 79.9. The number of benzene rings is 3. The molecule has 41 heavy (non-hydrogen) atoms. The van der Waals surface area contributed by atoms with Crippen molar-refractivity contribution in [2.45, 2.75) is 86.0 Å². The molecule has 3 aromatic rings. The molecule has 3 aliphatic rings. The lowest BCUT2D eigenvalue weighted by Crippen LogP contribution is -2.60. The van der Waals surface area contributed by atoms with E-state index in [0.29, 0.717) is 41.3 Å². The third-order valence-electron chi connectivity index (χ3n) is 8.58. The molecule has 1 saturated carbocycles. The highest BCUT2D eigenvalue weighted by molar-refractivity contribution is 9.10. The molecule has 7 nitrogen and oxygen atoms in total. The van der Waals surface area contributed by atoms with Crippen molar-refractivity contribution in [3.05, 3.63) is 70.7 Å². The van der Waals surface area contributed by atoms with Crippen molar-refractivity contribution in [3.63, 3.8) is 0 Å². The van der Waals surface area contributed by atoms with E-state index >= 15 is 8.78 Å². The fraction of sp³-hybridized carbons (Fsp3) is 0.433. The Hall–Kier alpha value is -2.60. The van der Waals surface area contributed by atoms with Crippen LogP contribution in [0.15, 0.2) is 70.0 Å². The zero-order valence-corrected chi connectivity index (χ0v) is 24.7. The van der Waals surface area contributed by atoms with Crippen LogP contribution in [0.1, 0.15) is 50.5 Å². The number of amides is 1. The number of nitrogens with two attached hydrogens (primary N) is 1. The molecule has 2 aliphatic heterocycles. The van der Waals surface area contributed by atoms with Gasteiger partial charge in [0.05, 0.1) is 11.0 Å². The quantitative estimate of drug-likeness (QED) is 0.338. The third-order valence-corrected chi connectivity index (χ3v) is 10.5. The summed E-state index contributed by atoms with van der Waals surface area (Å²) in [4.78, 5) is 15.1. The number of alkyl halides is 2. The Kier molecular flexibility index (Phi) is 7.59. The lowest BCUT2D eigenvalue weighted by molar-refractivity contribution is -0.149. The van der Waals surface area contributed by atoms with Crippen LogP contribution in [0.2, 0.25) is 0 Å². The lowest BCUT2D eigenvalue weighted by atomic mass is 9.95. The predicted octanol–water partition coefficient (Wildman–Crippen LogP) is 5.45. The maximum Gasteiger partial charge on any atom is 0.298 e. The Morgan fingerprint density at radius 3 is 2.24 bits per heavy atom. The van der Waals surface area contributed by atoms with E-state index in [4.69, 9.17) is 10.5 Å². The topological polar surface area (TPSA) is 102 Å². The largest absolute Gasteiger partial charge is 0.490 e. The Morgan fingerprint density at radius 1 is 0.976 bits per heavy atom. The van der Waals surface area contributed by atoms with Crippen LogP contribution in [-0.4, -0.2) is 49.5 Å². The number of nitrogens with one attached hydrogen (secondary N) is 1. The monoisotopic (exact) mass is 647 g/mol. The van der Waals surface area contributed by atoms with E-state index in [9.17, 15) is 13.2 Å². The Bertz CT molecular complexity index is 1550. The van der Waals surface area contributed by atoms with Crippen LogP contribution in [0.3, 0.4) is 0 Å². The molecule has 1 aliphatic carbocycles. The first kappa shape index (κ1) is 28.5. The summed E-state index contributed by atoms with van der Waals surface area (Å²) in [6.07, 6.45) is 5.68. The first-order valence-electron chi connectivity index (χ1n) is 14.0. The van der Waals surface area contributed by atoms with Crippen molar-refractivity contribution < 1.29 is 26.7 Å². The van der Waals surface area contributed by atoms with Crippen LogP contribution in [0.25, 0.3) is 10.8 Å². The van der Waals surface area contributed by atoms with Crippen LogP contribution in [-0.2, 0) is 20.7 Å². The fourth-order valence-corrected chi connectivity index (χ4v) is 7.68. The summed E-state index contributed by atoms with van der Waals surface area (Å²) in [5.74, 6) is -4.06. The molecule has 218 valence electrons. The van der Waals surface area contributed by atoms with Crippen LogP contribution < -0.4 is 15.2 Å². The van der Waals surface area contributed by atoms with Gasteiger partial charge in [0.25, 0.3) is 5.92 Å². The molecule has 11 heteroatoms. The van der Waals surface area contributed by atoms with Gasteiger partial charge >= 0.3 is 0 Å². The summed E-state index contributed by atoms with van der Waals surface area (Å²) in [6.45, 7) is 0. The number of piperidine rings is 1. The maximum absolute atomic E-state index is 16.2. The molecule has 3 atom stereocenters. The van der Waals surface area contributed by atoms with Gasteiger partial charge in [-0.25, -0.2) is 8.42 Å². The van der Waals surface area contributed by atoms with Crippen molar-refractivity contribution in [2.75, 3.05) is 0 Å². The molecule has 2 bridgehead atoms. The predicted molar refractivity (Wildman–Crippen MR) is 155 cm³/mol. The molecule has 2 unspecified atom stereocenters. The molecule has 3 N–H and O–H groups in total. The number of sulfonamides is 1. The van der Waals surface area contributed by atoms with E-state index in [0.717, 1.165) is 24.6 Å². The normalized spacial score (nSPS) is 23.8. The van der Waals surface area contributed by atoms with E-state index in [1.807, 2.05) is 6.07 Å². The summed E-state index contributed by atoms with van der Waals surface area (Å²) in [7, 11) is -4.53. The summed E-state index contributed by atoms with van der Waals surface area (Å²) in [5.41, 5.74) is 5.68. The van der Waals surface area contributed by atoms with Gasteiger partial charge in [0.2, 0.25) is 15.9 Å². The number of carbonyl (C=O) groups is 1. The van der Waals surface area contributed by atoms with E-state index < -0.39 is 33.5 Å². The van der Waals surface area contributed by atoms with Crippen LogP contribution in [0.5, 0.6) is 5.75 Å². The van der Waals surface area contributed by atoms with Gasteiger partial charge in [-0.15, -0.1) is 0 Å². The van der Waals surface area contributed by atoms with Gasteiger partial charge in [-0.3, -0.25) is 4.79 Å². The summed E-state index contributed by atoms with van der Waals surface area (Å²) in [5, 5.41) is 1.37. The van der Waals surface area contributed by atoms with Gasteiger partial charge in [0.15, 0.2) is 6.04 Å². The number of hydrogen-bond donors (Lipinski definition) is 2. The second-order valence-electron chi connectivity index (χ2n) is 11.4. The Morgan fingerprint density at radius 2 is 1.61 bits per heavy atom. The standard InChI is InChI=1S/C30H32BrF2N3O4S/c31-21-8-6-20(7-9-21)30(32,33)28(29(37)36-23-10-11-24(36)17-22(34)16-23)35-41(38,39)27-13-5-18-14-26(12-4-19(18)15-27)40-25-2-1-3-25/h4-9,12-15,22-25,28,35H,1-3,10-11,16-17,34H2/t22?,23?,24?,28-/m0/s1. The first-order valence-corrected chi connectivity index (χ1v) is 16.2. The number of nitrogens with zero attached hydrogens (tertiary/aromatic N) is 1. The molecule has 1 amide bonds. The minimum absolute atomic E-state index is 0.115. The molecular formula is C30H32BrF2N3O4S. The van der Waals surface area contributed by atoms with Gasteiger partial charge in [-0.1, -0.05) is 40.2 Å². The summed E-state index contributed by atoms with van der Waals surface area (Å²) < 4.78 is 68.2. The molecular weight excluding hydrogens is 616 g/mol. The zero-order valence-electron chi connectivity index (χ0n) is 22.3. The summed E-state index contributed by atoms with van der Waals surface area (Å²) >= 11 is 3.24. The van der Waals surface area contributed by atoms with E-state index in [-0.39, 0.29) is 29.1 Å². The number of halogens is 3. The third kappa shape index (κ3) is 5.61. The second-order valence-corrected chi connectivity index (χ2v) is 14.0. The first-order chi connectivity index (χ1) is 19.5. The number of fused-ring (bicyclic) bond motifs is 3. The van der Waals surface area contributed by atoms with E-state index in [1.165, 1.54) is 41.3 Å². The van der Waals surface area contributed by atoms with Crippen LogP contribution >= 0.6 is 15.9 Å². The van der Waals surface area contributed by atoms with Gasteiger partial charge < -0.3 is 15.4 Å². The number of ether oxygens (including phenoxy) is 1. The molecule has 3 aromatic carbocycles. The average molecular weight is 649 g/mol. The highest BCUT2D eigenvalue weighted by Crippen LogP contribution is 2.40. The van der Waals surface area contributed by atoms with Crippen molar-refractivity contribution in [3.8, 4) is 5.75 Å². The minimum Gasteiger partial charge on any atom is -0.490 e. The second kappa shape index (κ2) is 10.9. The molecule has 0 aromatic heterocycles. The molecule has 6 rings (SSSR count). The van der Waals surface area contributed by atoms with Crippen LogP contribution in [0.4, 0.5) is 8.78 Å². The van der Waals surface area contributed by atoms with Crippen molar-refractivity contribution >= 4 is 42.6 Å². The van der Waals surface area contributed by atoms with Crippen LogP contribution in [0, 0.1) is 0 Å². The molecule has 3 fully saturated rings. The van der Waals surface area contributed by atoms with E-state index in [1.54, 1.807) is 18.2 Å². The fourth-order valence-electron chi connectivity index (χ4n) is 6.19. The average Bonchev–Trinajstić information content (AvgIpc) is 3.19. The minimum atomic E-state index is -4.53. The van der Waals surface area contributed by atoms with Crippen molar-refractivity contribution in [1.29, 1.82) is 0 Å². The lowest BCUT2D eigenvalue weighted by Gasteiger charge is -2.41.